The van der Waals surface area contributed by atoms with E-state index in [-0.39, 0.29) is 23.0 Å². The van der Waals surface area contributed by atoms with Gasteiger partial charge in [-0.2, -0.15) is 0 Å². The number of fused-ring (bicyclic) bond motifs is 8. The minimum Gasteiger partial charge on any atom is -0.458 e. The van der Waals surface area contributed by atoms with Crippen molar-refractivity contribution in [2.75, 3.05) is 4.90 Å². The molecule has 304 valence electrons. The zero-order chi connectivity index (χ0) is 42.7. The first kappa shape index (κ1) is 39.0. The first-order valence-corrected chi connectivity index (χ1v) is 21.7. The van der Waals surface area contributed by atoms with Crippen LogP contribution in [0.5, 0.6) is 23.0 Å². The topological polar surface area (TPSA) is 34.8 Å². The molecule has 0 amide bonds. The maximum Gasteiger partial charge on any atom is 0.260 e. The second kappa shape index (κ2) is 13.7. The van der Waals surface area contributed by atoms with Crippen molar-refractivity contribution < 1.29 is 13.9 Å². The molecule has 5 heteroatoms. The van der Waals surface area contributed by atoms with Crippen molar-refractivity contribution in [3.63, 3.8) is 0 Å². The fourth-order valence-corrected chi connectivity index (χ4v) is 9.42. The number of para-hydroxylation sites is 1. The number of hydrogen-bond donors (Lipinski definition) is 0. The summed E-state index contributed by atoms with van der Waals surface area (Å²) in [4.78, 5) is 2.37. The van der Waals surface area contributed by atoms with E-state index in [0.29, 0.717) is 0 Å². The summed E-state index contributed by atoms with van der Waals surface area (Å²) in [5.74, 6) is 3.32. The van der Waals surface area contributed by atoms with Gasteiger partial charge in [-0.15, -0.1) is 0 Å². The van der Waals surface area contributed by atoms with Gasteiger partial charge >= 0.3 is 0 Å². The van der Waals surface area contributed by atoms with Crippen molar-refractivity contribution in [1.29, 1.82) is 0 Å². The summed E-state index contributed by atoms with van der Waals surface area (Å²) < 4.78 is 21.3. The lowest BCUT2D eigenvalue weighted by atomic mass is 9.34. The van der Waals surface area contributed by atoms with Crippen LogP contribution in [0.3, 0.4) is 0 Å². The first-order chi connectivity index (χ1) is 28.9. The molecule has 7 aromatic carbocycles. The van der Waals surface area contributed by atoms with Gasteiger partial charge in [-0.25, -0.2) is 0 Å². The van der Waals surface area contributed by atoms with Crippen LogP contribution in [0.4, 0.5) is 17.1 Å². The van der Waals surface area contributed by atoms with Gasteiger partial charge in [0.2, 0.25) is 0 Å². The molecule has 0 atom stereocenters. The Morgan fingerprint density at radius 2 is 1.03 bits per heavy atom. The fourth-order valence-electron chi connectivity index (χ4n) is 9.42. The molecule has 8 aromatic rings. The lowest BCUT2D eigenvalue weighted by Crippen LogP contribution is -2.57. The Labute approximate surface area is 361 Å². The van der Waals surface area contributed by atoms with Crippen LogP contribution in [0, 0.1) is 13.8 Å². The van der Waals surface area contributed by atoms with Crippen LogP contribution in [-0.4, -0.2) is 6.71 Å². The fraction of sp³-hybridized carbons (Fsp3) is 0.250. The average Bonchev–Trinajstić information content (AvgIpc) is 3.60. The van der Waals surface area contributed by atoms with E-state index in [1.54, 1.807) is 0 Å². The molecule has 0 saturated heterocycles. The molecule has 0 unspecified atom stereocenters. The molecule has 2 aliphatic rings. The second-order valence-corrected chi connectivity index (χ2v) is 20.4. The Morgan fingerprint density at radius 3 is 1.62 bits per heavy atom. The molecule has 0 saturated carbocycles. The monoisotopic (exact) mass is 799 g/mol. The van der Waals surface area contributed by atoms with E-state index in [0.717, 1.165) is 89.5 Å². The van der Waals surface area contributed by atoms with Crippen LogP contribution < -0.4 is 30.8 Å². The van der Waals surface area contributed by atoms with Crippen molar-refractivity contribution in [3.8, 4) is 34.1 Å². The molecule has 2 aliphatic heterocycles. The predicted octanol–water partition coefficient (Wildman–Crippen LogP) is 14.0. The Balaban J connectivity index is 1.29. The van der Waals surface area contributed by atoms with Crippen molar-refractivity contribution in [2.45, 2.75) is 92.4 Å². The molecule has 61 heavy (non-hydrogen) atoms. The molecule has 1 aromatic heterocycles. The zero-order valence-corrected chi connectivity index (χ0v) is 37.4. The summed E-state index contributed by atoms with van der Waals surface area (Å²) in [6, 6.07) is 46.7. The Kier molecular flexibility index (Phi) is 8.73. The van der Waals surface area contributed by atoms with Crippen molar-refractivity contribution >= 4 is 62.1 Å². The standard InChI is InChI=1S/C56H54BNO3/c1-33-26-34(2)28-35(27-33)36-29-48-51-49(30-36)61-52-44(57(51)43-31-39(56(9,10)11)20-25-47(43)59-48)32-45(53-50(52)42-14-12-13-15-46(42)60-53)58(40-21-16-37(17-22-40)54(3,4)5)41-23-18-38(19-24-41)55(6,7)8/h12-32H,1-11H3. The summed E-state index contributed by atoms with van der Waals surface area (Å²) in [6.45, 7) is 24.6. The zero-order valence-electron chi connectivity index (χ0n) is 37.4. The molecule has 0 bridgehead atoms. The largest absolute Gasteiger partial charge is 0.458 e. The number of furan rings is 1. The molecule has 10 rings (SSSR count). The third-order valence-electron chi connectivity index (χ3n) is 12.7. The van der Waals surface area contributed by atoms with E-state index >= 15 is 0 Å². The summed E-state index contributed by atoms with van der Waals surface area (Å²) in [6.07, 6.45) is 0. The van der Waals surface area contributed by atoms with Crippen LogP contribution in [0.2, 0.25) is 0 Å². The molecular formula is C56H54BNO3. The molecule has 3 heterocycles. The van der Waals surface area contributed by atoms with Crippen LogP contribution in [-0.2, 0) is 16.2 Å². The summed E-state index contributed by atoms with van der Waals surface area (Å²) in [5.41, 5.74) is 16.4. The van der Waals surface area contributed by atoms with Crippen LogP contribution in [0.25, 0.3) is 33.1 Å². The van der Waals surface area contributed by atoms with Gasteiger partial charge in [-0.1, -0.05) is 146 Å². The summed E-state index contributed by atoms with van der Waals surface area (Å²) in [5, 5.41) is 1.99. The van der Waals surface area contributed by atoms with Gasteiger partial charge in [0, 0.05) is 22.2 Å². The lowest BCUT2D eigenvalue weighted by Gasteiger charge is -2.36. The Hall–Kier alpha value is -6.20. The minimum atomic E-state index is -0.168. The molecule has 0 spiro atoms. The van der Waals surface area contributed by atoms with E-state index in [9.17, 15) is 0 Å². The number of ether oxygens (including phenoxy) is 2. The predicted molar refractivity (Wildman–Crippen MR) is 257 cm³/mol. The third-order valence-corrected chi connectivity index (χ3v) is 12.7. The number of benzene rings is 7. The van der Waals surface area contributed by atoms with Gasteiger partial charge in [-0.3, -0.25) is 0 Å². The average molecular weight is 800 g/mol. The smallest absolute Gasteiger partial charge is 0.260 e. The Morgan fingerprint density at radius 1 is 0.492 bits per heavy atom. The van der Waals surface area contributed by atoms with Gasteiger partial charge in [0.1, 0.15) is 28.6 Å². The number of rotatable bonds is 4. The number of hydrogen-bond acceptors (Lipinski definition) is 4. The molecular weight excluding hydrogens is 745 g/mol. The van der Waals surface area contributed by atoms with E-state index < -0.39 is 0 Å². The molecule has 0 fully saturated rings. The van der Waals surface area contributed by atoms with E-state index in [1.807, 2.05) is 6.07 Å². The highest BCUT2D eigenvalue weighted by Crippen LogP contribution is 2.49. The highest BCUT2D eigenvalue weighted by molar-refractivity contribution is 6.98. The number of anilines is 3. The van der Waals surface area contributed by atoms with E-state index in [2.05, 4.69) is 202 Å². The number of nitrogens with zero attached hydrogens (tertiary/aromatic N) is 1. The summed E-state index contributed by atoms with van der Waals surface area (Å²) in [7, 11) is 0. The maximum atomic E-state index is 7.33. The minimum absolute atomic E-state index is 0.0123. The van der Waals surface area contributed by atoms with Crippen molar-refractivity contribution in [3.05, 3.63) is 155 Å². The van der Waals surface area contributed by atoms with Crippen LogP contribution in [0.1, 0.15) is 90.1 Å². The van der Waals surface area contributed by atoms with Crippen molar-refractivity contribution in [1.82, 2.24) is 0 Å². The van der Waals surface area contributed by atoms with E-state index in [4.69, 9.17) is 13.9 Å². The normalized spacial score (nSPS) is 13.4. The van der Waals surface area contributed by atoms with Crippen LogP contribution in [0.15, 0.2) is 132 Å². The van der Waals surface area contributed by atoms with Crippen LogP contribution >= 0.6 is 0 Å². The van der Waals surface area contributed by atoms with Gasteiger partial charge in [0.05, 0.1) is 11.1 Å². The highest BCUT2D eigenvalue weighted by Gasteiger charge is 2.43. The molecule has 0 aliphatic carbocycles. The van der Waals surface area contributed by atoms with Gasteiger partial charge in [-0.05, 0) is 123 Å². The van der Waals surface area contributed by atoms with Gasteiger partial charge < -0.3 is 18.8 Å². The highest BCUT2D eigenvalue weighted by atomic mass is 16.5. The summed E-state index contributed by atoms with van der Waals surface area (Å²) >= 11 is 0. The quantitative estimate of drug-likeness (QED) is 0.166. The molecule has 0 N–H and O–H groups in total. The number of aryl methyl sites for hydroxylation is 2. The molecule has 0 radical (unpaired) electrons. The Bertz CT molecular complexity index is 2970. The van der Waals surface area contributed by atoms with Crippen molar-refractivity contribution in [2.24, 2.45) is 0 Å². The SMILES string of the molecule is Cc1cc(C)cc(-c2cc3c4c(c2)Oc2c(cc(N(c5ccc(C(C)(C)C)cc5)c5ccc(C(C)(C)C)cc5)c5oc6ccccc6c25)B4c2cc(C(C)(C)C)ccc2O3)c1. The maximum absolute atomic E-state index is 7.33. The molecule has 4 nitrogen and oxygen atoms in total. The second-order valence-electron chi connectivity index (χ2n) is 20.4. The van der Waals surface area contributed by atoms with Gasteiger partial charge in [0.15, 0.2) is 5.58 Å². The van der Waals surface area contributed by atoms with E-state index in [1.165, 1.54) is 27.8 Å². The lowest BCUT2D eigenvalue weighted by molar-refractivity contribution is 0.467. The third kappa shape index (κ3) is 6.61. The first-order valence-electron chi connectivity index (χ1n) is 21.7. The van der Waals surface area contributed by atoms with Gasteiger partial charge in [0.25, 0.3) is 6.71 Å².